The highest BCUT2D eigenvalue weighted by Gasteiger charge is 2.18. The fraction of sp³-hybridized carbons (Fsp3) is 0. The molecule has 0 amide bonds. The predicted octanol–water partition coefficient (Wildman–Crippen LogP) is 4.81. The van der Waals surface area contributed by atoms with Gasteiger partial charge in [0.1, 0.15) is 5.75 Å². The van der Waals surface area contributed by atoms with Crippen LogP contribution in [0.3, 0.4) is 0 Å². The summed E-state index contributed by atoms with van der Waals surface area (Å²) in [6, 6.07) is 7.19. The largest absolute Gasteiger partial charge is 0.508 e. The molecular weight excluding hydrogens is 384 g/mol. The number of phenols is 1. The number of benzene rings is 1. The van der Waals surface area contributed by atoms with Crippen LogP contribution in [0, 0.1) is 0 Å². The Bertz CT molecular complexity index is 1410. The number of aromatic hydroxyl groups is 1. The summed E-state index contributed by atoms with van der Waals surface area (Å²) in [5, 5.41) is 9.96. The van der Waals surface area contributed by atoms with Crippen LogP contribution in [0.15, 0.2) is 134 Å². The van der Waals surface area contributed by atoms with Gasteiger partial charge >= 0.3 is 0 Å². The summed E-state index contributed by atoms with van der Waals surface area (Å²) < 4.78 is 0. The maximum atomic E-state index is 9.96. The SMILES string of the molecule is Oc1cccc(C2=CC3=NC2=CC2=NC(=CC4=NC(=CC5=NC(=C3)C=C5)C=C4)C=C2)c1. The van der Waals surface area contributed by atoms with Crippen LogP contribution in [0.25, 0.3) is 5.57 Å². The van der Waals surface area contributed by atoms with Crippen molar-refractivity contribution >= 4 is 28.4 Å². The first-order valence-electron chi connectivity index (χ1n) is 9.95. The molecule has 5 aliphatic heterocycles. The Balaban J connectivity index is 1.51. The zero-order valence-electron chi connectivity index (χ0n) is 16.4. The molecule has 0 saturated carbocycles. The van der Waals surface area contributed by atoms with E-state index in [0.29, 0.717) is 0 Å². The molecule has 0 spiro atoms. The molecule has 1 aromatic carbocycles. The molecule has 146 valence electrons. The van der Waals surface area contributed by atoms with Crippen LogP contribution in [0.4, 0.5) is 0 Å². The van der Waals surface area contributed by atoms with Crippen molar-refractivity contribution in [3.8, 4) is 5.75 Å². The van der Waals surface area contributed by atoms with Gasteiger partial charge in [0.25, 0.3) is 0 Å². The van der Waals surface area contributed by atoms with Gasteiger partial charge in [0, 0.05) is 5.57 Å². The lowest BCUT2D eigenvalue weighted by Gasteiger charge is -2.04. The molecule has 6 rings (SSSR count). The summed E-state index contributed by atoms with van der Waals surface area (Å²) in [6.07, 6.45) is 21.7. The Morgan fingerprint density at radius 2 is 1.13 bits per heavy atom. The summed E-state index contributed by atoms with van der Waals surface area (Å²) in [5.41, 5.74) is 8.48. The molecule has 8 bridgehead atoms. The first kappa shape index (κ1) is 17.5. The van der Waals surface area contributed by atoms with E-state index in [0.717, 1.165) is 56.8 Å². The minimum atomic E-state index is 0.219. The van der Waals surface area contributed by atoms with Crippen molar-refractivity contribution in [3.63, 3.8) is 0 Å². The van der Waals surface area contributed by atoms with Crippen molar-refractivity contribution in [2.75, 3.05) is 0 Å². The average molecular weight is 400 g/mol. The highest BCUT2D eigenvalue weighted by Crippen LogP contribution is 2.32. The van der Waals surface area contributed by atoms with Crippen LogP contribution in [0.1, 0.15) is 5.56 Å². The van der Waals surface area contributed by atoms with Gasteiger partial charge in [-0.1, -0.05) is 12.1 Å². The second-order valence-corrected chi connectivity index (χ2v) is 7.49. The van der Waals surface area contributed by atoms with Gasteiger partial charge in [-0.25, -0.2) is 20.0 Å². The fourth-order valence-electron chi connectivity index (χ4n) is 3.80. The van der Waals surface area contributed by atoms with E-state index in [1.54, 1.807) is 12.1 Å². The molecule has 5 nitrogen and oxygen atoms in total. The molecule has 0 aromatic heterocycles. The molecule has 5 aliphatic rings. The number of rotatable bonds is 1. The van der Waals surface area contributed by atoms with Gasteiger partial charge in [0.2, 0.25) is 0 Å². The van der Waals surface area contributed by atoms with Crippen LogP contribution < -0.4 is 0 Å². The summed E-state index contributed by atoms with van der Waals surface area (Å²) in [6.45, 7) is 0. The van der Waals surface area contributed by atoms with Crippen molar-refractivity contribution in [2.24, 2.45) is 20.0 Å². The summed E-state index contributed by atoms with van der Waals surface area (Å²) in [4.78, 5) is 18.8. The second kappa shape index (κ2) is 6.85. The van der Waals surface area contributed by atoms with Gasteiger partial charge in [0.15, 0.2) is 0 Å². The van der Waals surface area contributed by atoms with Crippen LogP contribution in [0.5, 0.6) is 5.75 Å². The highest BCUT2D eigenvalue weighted by molar-refractivity contribution is 6.19. The number of nitrogens with zero attached hydrogens (tertiary/aromatic N) is 4. The molecule has 5 heterocycles. The Morgan fingerprint density at radius 1 is 0.548 bits per heavy atom. The Labute approximate surface area is 179 Å². The number of allylic oxidation sites excluding steroid dienone is 12. The van der Waals surface area contributed by atoms with E-state index in [1.165, 1.54) is 0 Å². The van der Waals surface area contributed by atoms with Crippen LogP contribution in [-0.4, -0.2) is 28.0 Å². The smallest absolute Gasteiger partial charge is 0.116 e. The second-order valence-electron chi connectivity index (χ2n) is 7.49. The van der Waals surface area contributed by atoms with Gasteiger partial charge < -0.3 is 5.11 Å². The summed E-state index contributed by atoms with van der Waals surface area (Å²) >= 11 is 0. The van der Waals surface area contributed by atoms with Crippen molar-refractivity contribution in [1.82, 2.24) is 0 Å². The molecule has 0 radical (unpaired) electrons. The van der Waals surface area contributed by atoms with Gasteiger partial charge in [-0.3, -0.25) is 0 Å². The third kappa shape index (κ3) is 3.42. The lowest BCUT2D eigenvalue weighted by molar-refractivity contribution is 0.475. The maximum absolute atomic E-state index is 9.96. The van der Waals surface area contributed by atoms with E-state index in [2.05, 4.69) is 9.98 Å². The molecule has 0 atom stereocenters. The van der Waals surface area contributed by atoms with Gasteiger partial charge in [-0.05, 0) is 84.5 Å². The van der Waals surface area contributed by atoms with E-state index < -0.39 is 0 Å². The quantitative estimate of drug-likeness (QED) is 0.722. The predicted molar refractivity (Wildman–Crippen MR) is 126 cm³/mol. The van der Waals surface area contributed by atoms with Crippen molar-refractivity contribution in [1.29, 1.82) is 0 Å². The van der Waals surface area contributed by atoms with E-state index in [4.69, 9.17) is 9.98 Å². The Hall–Kier alpha value is -4.38. The summed E-state index contributed by atoms with van der Waals surface area (Å²) in [7, 11) is 0. The van der Waals surface area contributed by atoms with E-state index in [1.807, 2.05) is 79.0 Å². The first-order chi connectivity index (χ1) is 15.2. The first-order valence-corrected chi connectivity index (χ1v) is 9.95. The van der Waals surface area contributed by atoms with Crippen molar-refractivity contribution in [2.45, 2.75) is 0 Å². The molecule has 31 heavy (non-hydrogen) atoms. The number of hydrogen-bond donors (Lipinski definition) is 1. The third-order valence-electron chi connectivity index (χ3n) is 5.20. The molecule has 0 fully saturated rings. The molecule has 5 heteroatoms. The van der Waals surface area contributed by atoms with Crippen LogP contribution in [-0.2, 0) is 0 Å². The van der Waals surface area contributed by atoms with Gasteiger partial charge in [0.05, 0.1) is 45.6 Å². The number of fused-ring (bicyclic) bond motifs is 4. The monoisotopic (exact) mass is 400 g/mol. The van der Waals surface area contributed by atoms with Crippen molar-refractivity contribution in [3.05, 3.63) is 119 Å². The Morgan fingerprint density at radius 3 is 1.74 bits per heavy atom. The van der Waals surface area contributed by atoms with E-state index in [-0.39, 0.29) is 5.75 Å². The average Bonchev–Trinajstić information content (AvgIpc) is 3.53. The minimum Gasteiger partial charge on any atom is -0.508 e. The Kier molecular flexibility index (Phi) is 3.86. The van der Waals surface area contributed by atoms with Crippen LogP contribution >= 0.6 is 0 Å². The highest BCUT2D eigenvalue weighted by atomic mass is 16.3. The van der Waals surface area contributed by atoms with Gasteiger partial charge in [-0.2, -0.15) is 0 Å². The van der Waals surface area contributed by atoms with Crippen LogP contribution in [0.2, 0.25) is 0 Å². The lowest BCUT2D eigenvalue weighted by atomic mass is 10.0. The van der Waals surface area contributed by atoms with Crippen molar-refractivity contribution < 1.29 is 5.11 Å². The number of hydrogen-bond acceptors (Lipinski definition) is 5. The molecule has 0 aliphatic carbocycles. The molecular formula is C26H16N4O. The molecule has 1 aromatic rings. The number of aliphatic imine (C=N–C) groups is 4. The van der Waals surface area contributed by atoms with E-state index >= 15 is 0 Å². The molecule has 0 saturated heterocycles. The van der Waals surface area contributed by atoms with Gasteiger partial charge in [-0.15, -0.1) is 0 Å². The number of phenolic OH excluding ortho intramolecular Hbond substituents is 1. The zero-order valence-corrected chi connectivity index (χ0v) is 16.4. The molecule has 0 unspecified atom stereocenters. The third-order valence-corrected chi connectivity index (χ3v) is 5.20. The maximum Gasteiger partial charge on any atom is 0.116 e. The normalized spacial score (nSPS) is 20.5. The zero-order chi connectivity index (χ0) is 20.8. The minimum absolute atomic E-state index is 0.219. The van der Waals surface area contributed by atoms with E-state index in [9.17, 15) is 5.11 Å². The topological polar surface area (TPSA) is 69.7 Å². The fourth-order valence-corrected chi connectivity index (χ4v) is 3.80. The lowest BCUT2D eigenvalue weighted by Crippen LogP contribution is -1.90. The summed E-state index contributed by atoms with van der Waals surface area (Å²) in [5.74, 6) is 0.219. The standard InChI is InChI=1S/C26H16N4O/c31-24-3-1-2-16(10-24)25-14-23-13-21-7-6-19(28-21)11-17-4-5-18(27-17)12-20-8-9-22(29-20)15-26(25)30-23/h1-15,31H. The molecule has 1 N–H and O–H groups in total.